The number of rotatable bonds is 9. The van der Waals surface area contributed by atoms with E-state index < -0.39 is 0 Å². The van der Waals surface area contributed by atoms with E-state index in [1.54, 1.807) is 24.5 Å². The molecule has 1 aromatic heterocycles. The highest BCUT2D eigenvalue weighted by molar-refractivity contribution is 5.94. The number of carbonyl (C=O) groups excluding carboxylic acids is 2. The summed E-state index contributed by atoms with van der Waals surface area (Å²) in [5.74, 6) is 0.442. The minimum absolute atomic E-state index is 0.0221. The summed E-state index contributed by atoms with van der Waals surface area (Å²) in [7, 11) is 0. The summed E-state index contributed by atoms with van der Waals surface area (Å²) >= 11 is 0. The Morgan fingerprint density at radius 1 is 0.727 bits per heavy atom. The number of benzene rings is 3. The lowest BCUT2D eigenvalue weighted by Gasteiger charge is -2.18. The van der Waals surface area contributed by atoms with Gasteiger partial charge in [-0.25, -0.2) is 0 Å². The van der Waals surface area contributed by atoms with Gasteiger partial charge in [-0.3, -0.25) is 9.59 Å². The van der Waals surface area contributed by atoms with Crippen molar-refractivity contribution in [2.24, 2.45) is 0 Å². The molecule has 0 fully saturated rings. The summed E-state index contributed by atoms with van der Waals surface area (Å²) in [6.45, 7) is 0.682. The highest BCUT2D eigenvalue weighted by Crippen LogP contribution is 2.27. The van der Waals surface area contributed by atoms with Crippen molar-refractivity contribution in [1.29, 1.82) is 0 Å². The average molecular weight is 439 g/mol. The van der Waals surface area contributed by atoms with Crippen molar-refractivity contribution in [2.75, 3.05) is 0 Å². The van der Waals surface area contributed by atoms with Crippen LogP contribution in [-0.4, -0.2) is 11.8 Å². The van der Waals surface area contributed by atoms with E-state index in [-0.39, 0.29) is 17.7 Å². The molecule has 33 heavy (non-hydrogen) atoms. The largest absolute Gasteiger partial charge is 0.467 e. The zero-order chi connectivity index (χ0) is 22.9. The first-order chi connectivity index (χ1) is 16.2. The molecule has 5 heteroatoms. The molecule has 4 rings (SSSR count). The minimum atomic E-state index is -0.187. The SMILES string of the molecule is O=C(CC(c1ccccc1)c1ccccc1)NCc1cccc(C(=O)NCc2ccco2)c1. The highest BCUT2D eigenvalue weighted by Gasteiger charge is 2.18. The molecule has 166 valence electrons. The van der Waals surface area contributed by atoms with Crippen LogP contribution >= 0.6 is 0 Å². The molecule has 0 saturated carbocycles. The van der Waals surface area contributed by atoms with E-state index >= 15 is 0 Å². The normalized spacial score (nSPS) is 10.7. The first-order valence-corrected chi connectivity index (χ1v) is 10.9. The smallest absolute Gasteiger partial charge is 0.251 e. The molecule has 4 aromatic rings. The van der Waals surface area contributed by atoms with Crippen LogP contribution in [0.4, 0.5) is 0 Å². The number of furan rings is 1. The van der Waals surface area contributed by atoms with Crippen LogP contribution in [0.3, 0.4) is 0 Å². The molecule has 0 bridgehead atoms. The number of amides is 2. The topological polar surface area (TPSA) is 71.3 Å². The second-order valence-electron chi connectivity index (χ2n) is 7.82. The third-order valence-corrected chi connectivity index (χ3v) is 5.48. The molecule has 0 spiro atoms. The predicted molar refractivity (Wildman–Crippen MR) is 128 cm³/mol. The summed E-state index contributed by atoms with van der Waals surface area (Å²) in [4.78, 5) is 25.3. The molecule has 1 heterocycles. The number of hydrogen-bond donors (Lipinski definition) is 2. The van der Waals surface area contributed by atoms with Gasteiger partial charge in [-0.15, -0.1) is 0 Å². The lowest BCUT2D eigenvalue weighted by Crippen LogP contribution is -2.25. The third kappa shape index (κ3) is 6.20. The lowest BCUT2D eigenvalue weighted by atomic mass is 9.88. The fraction of sp³-hybridized carbons (Fsp3) is 0.143. The van der Waals surface area contributed by atoms with E-state index in [0.717, 1.165) is 16.7 Å². The Kier molecular flexibility index (Phi) is 7.33. The second kappa shape index (κ2) is 11.0. The summed E-state index contributed by atoms with van der Waals surface area (Å²) < 4.78 is 5.24. The Balaban J connectivity index is 1.36. The summed E-state index contributed by atoms with van der Waals surface area (Å²) in [6.07, 6.45) is 1.92. The van der Waals surface area contributed by atoms with E-state index in [9.17, 15) is 9.59 Å². The first kappa shape index (κ1) is 22.1. The Hall–Kier alpha value is -4.12. The van der Waals surface area contributed by atoms with Crippen molar-refractivity contribution in [1.82, 2.24) is 10.6 Å². The van der Waals surface area contributed by atoms with E-state index in [0.29, 0.717) is 30.8 Å². The Bertz CT molecular complexity index is 1130. The molecule has 0 atom stereocenters. The zero-order valence-corrected chi connectivity index (χ0v) is 18.2. The van der Waals surface area contributed by atoms with E-state index in [4.69, 9.17) is 4.42 Å². The second-order valence-corrected chi connectivity index (χ2v) is 7.82. The third-order valence-electron chi connectivity index (χ3n) is 5.48. The van der Waals surface area contributed by atoms with Crippen molar-refractivity contribution in [2.45, 2.75) is 25.4 Å². The van der Waals surface area contributed by atoms with Gasteiger partial charge in [0.05, 0.1) is 12.8 Å². The molecular formula is C28H26N2O3. The summed E-state index contributed by atoms with van der Waals surface area (Å²) in [6, 6.07) is 31.0. The predicted octanol–water partition coefficient (Wildman–Crippen LogP) is 5.05. The zero-order valence-electron chi connectivity index (χ0n) is 18.2. The molecule has 0 aliphatic heterocycles. The van der Waals surface area contributed by atoms with Crippen molar-refractivity contribution >= 4 is 11.8 Å². The lowest BCUT2D eigenvalue weighted by molar-refractivity contribution is -0.121. The quantitative estimate of drug-likeness (QED) is 0.384. The molecule has 3 aromatic carbocycles. The number of nitrogens with one attached hydrogen (secondary N) is 2. The van der Waals surface area contributed by atoms with Gasteiger partial charge in [0.25, 0.3) is 5.91 Å². The van der Waals surface area contributed by atoms with Crippen molar-refractivity contribution in [3.63, 3.8) is 0 Å². The van der Waals surface area contributed by atoms with Gasteiger partial charge in [0.2, 0.25) is 5.91 Å². The van der Waals surface area contributed by atoms with Gasteiger partial charge in [0.1, 0.15) is 5.76 Å². The van der Waals surface area contributed by atoms with Crippen molar-refractivity contribution in [3.8, 4) is 0 Å². The fourth-order valence-electron chi connectivity index (χ4n) is 3.76. The molecule has 0 aliphatic rings. The van der Waals surface area contributed by atoms with Gasteiger partial charge >= 0.3 is 0 Å². The monoisotopic (exact) mass is 438 g/mol. The van der Waals surface area contributed by atoms with E-state index in [2.05, 4.69) is 34.9 Å². The molecule has 2 amide bonds. The molecule has 0 radical (unpaired) electrons. The highest BCUT2D eigenvalue weighted by atomic mass is 16.3. The Morgan fingerprint density at radius 2 is 1.42 bits per heavy atom. The number of carbonyl (C=O) groups is 2. The average Bonchev–Trinajstić information content (AvgIpc) is 3.39. The van der Waals surface area contributed by atoms with Gasteiger partial charge in [0, 0.05) is 24.4 Å². The van der Waals surface area contributed by atoms with Gasteiger partial charge in [-0.1, -0.05) is 72.8 Å². The Morgan fingerprint density at radius 3 is 2.06 bits per heavy atom. The van der Waals surface area contributed by atoms with Crippen LogP contribution < -0.4 is 10.6 Å². The number of hydrogen-bond acceptors (Lipinski definition) is 3. The van der Waals surface area contributed by atoms with Gasteiger partial charge in [-0.05, 0) is 41.0 Å². The molecule has 2 N–H and O–H groups in total. The molecule has 0 saturated heterocycles. The van der Waals surface area contributed by atoms with Crippen LogP contribution in [0.25, 0.3) is 0 Å². The van der Waals surface area contributed by atoms with E-state index in [1.807, 2.05) is 54.6 Å². The first-order valence-electron chi connectivity index (χ1n) is 10.9. The van der Waals surface area contributed by atoms with Crippen molar-refractivity contribution in [3.05, 3.63) is 131 Å². The standard InChI is InChI=1S/C28H26N2O3/c31-27(18-26(22-10-3-1-4-11-22)23-12-5-2-6-13-23)29-19-21-9-7-14-24(17-21)28(32)30-20-25-15-8-16-33-25/h1-17,26H,18-20H2,(H,29,31)(H,30,32). The maximum atomic E-state index is 12.8. The van der Waals surface area contributed by atoms with E-state index in [1.165, 1.54) is 0 Å². The summed E-state index contributed by atoms with van der Waals surface area (Å²) in [5, 5.41) is 5.84. The van der Waals surface area contributed by atoms with Crippen molar-refractivity contribution < 1.29 is 14.0 Å². The van der Waals surface area contributed by atoms with Crippen LogP contribution in [0.5, 0.6) is 0 Å². The summed E-state index contributed by atoms with van der Waals surface area (Å²) in [5.41, 5.74) is 3.62. The molecule has 0 unspecified atom stereocenters. The maximum absolute atomic E-state index is 12.8. The molecule has 0 aliphatic carbocycles. The van der Waals surface area contributed by atoms with Crippen LogP contribution in [0, 0.1) is 0 Å². The molecule has 5 nitrogen and oxygen atoms in total. The maximum Gasteiger partial charge on any atom is 0.251 e. The Labute approximate surface area is 193 Å². The molecular weight excluding hydrogens is 412 g/mol. The van der Waals surface area contributed by atoms with Gasteiger partial charge in [-0.2, -0.15) is 0 Å². The minimum Gasteiger partial charge on any atom is -0.467 e. The van der Waals surface area contributed by atoms with Crippen LogP contribution in [0.1, 0.15) is 45.1 Å². The van der Waals surface area contributed by atoms with Crippen LogP contribution in [0.15, 0.2) is 108 Å². The van der Waals surface area contributed by atoms with Gasteiger partial charge < -0.3 is 15.1 Å². The van der Waals surface area contributed by atoms with Crippen LogP contribution in [-0.2, 0) is 17.9 Å². The van der Waals surface area contributed by atoms with Gasteiger partial charge in [0.15, 0.2) is 0 Å². The van der Waals surface area contributed by atoms with Crippen LogP contribution in [0.2, 0.25) is 0 Å². The fourth-order valence-corrected chi connectivity index (χ4v) is 3.76.